The minimum atomic E-state index is -0.367. The summed E-state index contributed by atoms with van der Waals surface area (Å²) in [5.41, 5.74) is 5.27. The second-order valence-electron chi connectivity index (χ2n) is 6.47. The molecular formula is C24H20N2O2. The highest BCUT2D eigenvalue weighted by molar-refractivity contribution is 5.87. The highest BCUT2D eigenvalue weighted by Crippen LogP contribution is 2.26. The molecule has 138 valence electrons. The molecule has 4 nitrogen and oxygen atoms in total. The Balaban J connectivity index is 1.73. The lowest BCUT2D eigenvalue weighted by Gasteiger charge is -2.10. The molecule has 0 saturated heterocycles. The van der Waals surface area contributed by atoms with Gasteiger partial charge in [-0.15, -0.1) is 0 Å². The number of methoxy groups -OCH3 is 1. The van der Waals surface area contributed by atoms with Crippen molar-refractivity contribution in [1.29, 1.82) is 0 Å². The van der Waals surface area contributed by atoms with Gasteiger partial charge in [0, 0.05) is 18.2 Å². The second-order valence-corrected chi connectivity index (χ2v) is 6.47. The monoisotopic (exact) mass is 368 g/mol. The van der Waals surface area contributed by atoms with Crippen molar-refractivity contribution in [2.45, 2.75) is 6.54 Å². The van der Waals surface area contributed by atoms with Crippen LogP contribution in [0, 0.1) is 0 Å². The summed E-state index contributed by atoms with van der Waals surface area (Å²) >= 11 is 0. The molecule has 1 heterocycles. The van der Waals surface area contributed by atoms with E-state index < -0.39 is 0 Å². The van der Waals surface area contributed by atoms with E-state index in [0.29, 0.717) is 0 Å². The maximum atomic E-state index is 11.3. The fourth-order valence-corrected chi connectivity index (χ4v) is 3.20. The van der Waals surface area contributed by atoms with Gasteiger partial charge in [-0.05, 0) is 29.3 Å². The van der Waals surface area contributed by atoms with Crippen molar-refractivity contribution in [3.8, 4) is 11.4 Å². The predicted molar refractivity (Wildman–Crippen MR) is 112 cm³/mol. The number of esters is 1. The number of hydrogen-bond donors (Lipinski definition) is 0. The van der Waals surface area contributed by atoms with Gasteiger partial charge in [-0.2, -0.15) is 0 Å². The molecule has 0 radical (unpaired) electrons. The summed E-state index contributed by atoms with van der Waals surface area (Å²) in [6, 6.07) is 26.6. The van der Waals surface area contributed by atoms with Gasteiger partial charge >= 0.3 is 5.97 Å². The lowest BCUT2D eigenvalue weighted by molar-refractivity contribution is -0.134. The highest BCUT2D eigenvalue weighted by Gasteiger charge is 2.12. The quantitative estimate of drug-likeness (QED) is 0.370. The van der Waals surface area contributed by atoms with Crippen molar-refractivity contribution >= 4 is 23.1 Å². The average Bonchev–Trinajstić information content (AvgIpc) is 3.11. The Morgan fingerprint density at radius 2 is 1.68 bits per heavy atom. The first-order valence-corrected chi connectivity index (χ1v) is 9.10. The molecule has 4 heteroatoms. The van der Waals surface area contributed by atoms with Crippen LogP contribution < -0.4 is 0 Å². The van der Waals surface area contributed by atoms with Crippen molar-refractivity contribution in [2.75, 3.05) is 7.11 Å². The normalized spacial score (nSPS) is 11.2. The molecule has 0 fully saturated rings. The van der Waals surface area contributed by atoms with Gasteiger partial charge in [-0.1, -0.05) is 66.7 Å². The maximum Gasteiger partial charge on any atom is 0.330 e. The van der Waals surface area contributed by atoms with Crippen LogP contribution in [0.3, 0.4) is 0 Å². The van der Waals surface area contributed by atoms with Crippen molar-refractivity contribution < 1.29 is 9.53 Å². The molecule has 0 atom stereocenters. The molecule has 0 saturated carbocycles. The fraction of sp³-hybridized carbons (Fsp3) is 0.0833. The van der Waals surface area contributed by atoms with Crippen LogP contribution in [0.25, 0.3) is 28.5 Å². The standard InChI is InChI=1S/C24H20N2O2/c1-28-23(27)16-13-18-11-14-20(15-12-18)24-25-21-9-5-6-10-22(21)26(24)17-19-7-3-2-4-8-19/h2-16H,17H2,1H3/b16-13+. The highest BCUT2D eigenvalue weighted by atomic mass is 16.5. The van der Waals surface area contributed by atoms with E-state index in [-0.39, 0.29) is 5.97 Å². The summed E-state index contributed by atoms with van der Waals surface area (Å²) in [4.78, 5) is 16.1. The van der Waals surface area contributed by atoms with Gasteiger partial charge in [0.15, 0.2) is 0 Å². The SMILES string of the molecule is COC(=O)/C=C/c1ccc(-c2nc3ccccc3n2Cc2ccccc2)cc1. The first kappa shape index (κ1) is 17.7. The minimum Gasteiger partial charge on any atom is -0.466 e. The number of nitrogens with zero attached hydrogens (tertiary/aromatic N) is 2. The lowest BCUT2D eigenvalue weighted by atomic mass is 10.1. The predicted octanol–water partition coefficient (Wildman–Crippen LogP) is 4.94. The second kappa shape index (κ2) is 7.92. The van der Waals surface area contributed by atoms with Gasteiger partial charge in [0.1, 0.15) is 5.82 Å². The van der Waals surface area contributed by atoms with Gasteiger partial charge in [-0.25, -0.2) is 9.78 Å². The summed E-state index contributed by atoms with van der Waals surface area (Å²) in [6.07, 6.45) is 3.15. The number of aromatic nitrogens is 2. The Kier molecular flexibility index (Phi) is 5.02. The Hall–Kier alpha value is -3.66. The van der Waals surface area contributed by atoms with Gasteiger partial charge < -0.3 is 9.30 Å². The lowest BCUT2D eigenvalue weighted by Crippen LogP contribution is -2.02. The van der Waals surface area contributed by atoms with E-state index in [1.165, 1.54) is 18.7 Å². The number of para-hydroxylation sites is 2. The van der Waals surface area contributed by atoms with Crippen LogP contribution in [0.15, 0.2) is 84.9 Å². The number of ether oxygens (including phenoxy) is 1. The zero-order chi connectivity index (χ0) is 19.3. The molecule has 4 rings (SSSR count). The van der Waals surface area contributed by atoms with Crippen LogP contribution in [0.4, 0.5) is 0 Å². The number of fused-ring (bicyclic) bond motifs is 1. The number of benzene rings is 3. The van der Waals surface area contributed by atoms with Gasteiger partial charge in [0.25, 0.3) is 0 Å². The van der Waals surface area contributed by atoms with Crippen LogP contribution in [0.2, 0.25) is 0 Å². The third kappa shape index (κ3) is 3.71. The number of carbonyl (C=O) groups is 1. The zero-order valence-corrected chi connectivity index (χ0v) is 15.6. The van der Waals surface area contributed by atoms with E-state index in [1.54, 1.807) is 6.08 Å². The van der Waals surface area contributed by atoms with Gasteiger partial charge in [0.05, 0.1) is 18.1 Å². The molecule has 0 aliphatic rings. The van der Waals surface area contributed by atoms with Gasteiger partial charge in [0.2, 0.25) is 0 Å². The molecule has 0 N–H and O–H groups in total. The molecule has 3 aromatic carbocycles. The molecule has 0 spiro atoms. The van der Waals surface area contributed by atoms with Crippen LogP contribution in [0.1, 0.15) is 11.1 Å². The fourth-order valence-electron chi connectivity index (χ4n) is 3.20. The van der Waals surface area contributed by atoms with E-state index in [4.69, 9.17) is 4.98 Å². The van der Waals surface area contributed by atoms with Crippen molar-refractivity contribution in [1.82, 2.24) is 9.55 Å². The third-order valence-electron chi connectivity index (χ3n) is 4.62. The summed E-state index contributed by atoms with van der Waals surface area (Å²) in [5.74, 6) is 0.558. The van der Waals surface area contributed by atoms with E-state index in [2.05, 4.69) is 39.6 Å². The number of rotatable bonds is 5. The maximum absolute atomic E-state index is 11.3. The molecule has 28 heavy (non-hydrogen) atoms. The third-order valence-corrected chi connectivity index (χ3v) is 4.62. The van der Waals surface area contributed by atoms with Crippen molar-refractivity contribution in [3.05, 3.63) is 96.1 Å². The molecule has 1 aromatic heterocycles. The Labute approximate surface area is 163 Å². The van der Waals surface area contributed by atoms with Crippen molar-refractivity contribution in [2.24, 2.45) is 0 Å². The number of imidazole rings is 1. The van der Waals surface area contributed by atoms with E-state index in [9.17, 15) is 4.79 Å². The summed E-state index contributed by atoms with van der Waals surface area (Å²) < 4.78 is 6.87. The van der Waals surface area contributed by atoms with Crippen LogP contribution in [-0.4, -0.2) is 22.6 Å². The number of hydrogen-bond acceptors (Lipinski definition) is 3. The smallest absolute Gasteiger partial charge is 0.330 e. The van der Waals surface area contributed by atoms with E-state index >= 15 is 0 Å². The van der Waals surface area contributed by atoms with Crippen molar-refractivity contribution in [3.63, 3.8) is 0 Å². The summed E-state index contributed by atoms with van der Waals surface area (Å²) in [5, 5.41) is 0. The molecule has 0 bridgehead atoms. The first-order chi connectivity index (χ1) is 13.7. The first-order valence-electron chi connectivity index (χ1n) is 9.10. The van der Waals surface area contributed by atoms with Crippen LogP contribution in [0.5, 0.6) is 0 Å². The Morgan fingerprint density at radius 3 is 2.43 bits per heavy atom. The Morgan fingerprint density at radius 1 is 0.964 bits per heavy atom. The molecule has 4 aromatic rings. The van der Waals surface area contributed by atoms with Gasteiger partial charge in [-0.3, -0.25) is 0 Å². The largest absolute Gasteiger partial charge is 0.466 e. The molecule has 0 unspecified atom stereocenters. The molecule has 0 amide bonds. The molecule has 0 aliphatic carbocycles. The summed E-state index contributed by atoms with van der Waals surface area (Å²) in [7, 11) is 1.37. The summed E-state index contributed by atoms with van der Waals surface area (Å²) in [6.45, 7) is 0.751. The minimum absolute atomic E-state index is 0.367. The van der Waals surface area contributed by atoms with E-state index in [0.717, 1.165) is 34.5 Å². The van der Waals surface area contributed by atoms with Crippen LogP contribution >= 0.6 is 0 Å². The zero-order valence-electron chi connectivity index (χ0n) is 15.6. The van der Waals surface area contributed by atoms with E-state index in [1.807, 2.05) is 48.5 Å². The molecule has 0 aliphatic heterocycles. The van der Waals surface area contributed by atoms with Crippen LogP contribution in [-0.2, 0) is 16.1 Å². The topological polar surface area (TPSA) is 44.1 Å². The number of carbonyl (C=O) groups excluding carboxylic acids is 1. The average molecular weight is 368 g/mol. The Bertz CT molecular complexity index is 1130. The molecular weight excluding hydrogens is 348 g/mol.